The summed E-state index contributed by atoms with van der Waals surface area (Å²) in [5.41, 5.74) is 6.18. The molecule has 0 bridgehead atoms. The molecule has 7 heteroatoms. The number of nitrogens with one attached hydrogen (secondary N) is 3. The Morgan fingerprint density at radius 2 is 1.88 bits per heavy atom. The summed E-state index contributed by atoms with van der Waals surface area (Å²) in [6, 6.07) is 14.3. The second kappa shape index (κ2) is 8.82. The minimum Gasteiger partial charge on any atom is -0.302 e. The number of hydrazine groups is 1. The van der Waals surface area contributed by atoms with Crippen molar-refractivity contribution in [3.8, 4) is 0 Å². The Kier molecular flexibility index (Phi) is 6.78. The molecule has 0 fully saturated rings. The molecule has 0 aromatic heterocycles. The Bertz CT molecular complexity index is 739. The first-order valence-electron chi connectivity index (χ1n) is 7.30. The minimum atomic E-state index is -0.390. The van der Waals surface area contributed by atoms with Crippen molar-refractivity contribution in [1.82, 2.24) is 16.2 Å². The Morgan fingerprint density at radius 1 is 1.12 bits per heavy atom. The molecule has 0 aliphatic carbocycles. The Morgan fingerprint density at radius 3 is 2.58 bits per heavy atom. The van der Waals surface area contributed by atoms with Gasteiger partial charge >= 0.3 is 0 Å². The molecule has 1 atom stereocenters. The van der Waals surface area contributed by atoms with Crippen molar-refractivity contribution in [1.29, 1.82) is 0 Å². The Hall–Kier alpha value is -1.89. The highest BCUT2D eigenvalue weighted by Gasteiger charge is 2.11. The lowest BCUT2D eigenvalue weighted by molar-refractivity contribution is -0.121. The van der Waals surface area contributed by atoms with Crippen LogP contribution < -0.4 is 16.2 Å². The van der Waals surface area contributed by atoms with Gasteiger partial charge in [0.15, 0.2) is 0 Å². The molecular weight excluding hydrogens is 394 g/mol. The SMILES string of the molecule is C[C@@H](NCC(=O)NNC(=O)c1ccccc1Br)c1cccc(Cl)c1. The number of hydrogen-bond donors (Lipinski definition) is 3. The van der Waals surface area contributed by atoms with Crippen molar-refractivity contribution in [3.63, 3.8) is 0 Å². The van der Waals surface area contributed by atoms with Crippen LogP contribution in [0.25, 0.3) is 0 Å². The molecule has 2 rings (SSSR count). The lowest BCUT2D eigenvalue weighted by Crippen LogP contribution is -2.45. The summed E-state index contributed by atoms with van der Waals surface area (Å²) in [5.74, 6) is -0.733. The molecule has 2 amide bonds. The summed E-state index contributed by atoms with van der Waals surface area (Å²) in [4.78, 5) is 23.8. The van der Waals surface area contributed by atoms with Crippen LogP contribution in [0.1, 0.15) is 28.9 Å². The van der Waals surface area contributed by atoms with E-state index < -0.39 is 5.91 Å². The van der Waals surface area contributed by atoms with Crippen molar-refractivity contribution < 1.29 is 9.59 Å². The van der Waals surface area contributed by atoms with Gasteiger partial charge < -0.3 is 5.32 Å². The lowest BCUT2D eigenvalue weighted by Gasteiger charge is -2.15. The van der Waals surface area contributed by atoms with Gasteiger partial charge in [0, 0.05) is 15.5 Å². The van der Waals surface area contributed by atoms with Crippen LogP contribution in [-0.4, -0.2) is 18.4 Å². The fourth-order valence-corrected chi connectivity index (χ4v) is 2.69. The zero-order chi connectivity index (χ0) is 17.5. The zero-order valence-corrected chi connectivity index (χ0v) is 15.3. The Balaban J connectivity index is 1.79. The summed E-state index contributed by atoms with van der Waals surface area (Å²) in [6.45, 7) is 1.99. The molecule has 126 valence electrons. The van der Waals surface area contributed by atoms with Crippen molar-refractivity contribution in [3.05, 3.63) is 69.2 Å². The van der Waals surface area contributed by atoms with Crippen LogP contribution in [0.4, 0.5) is 0 Å². The summed E-state index contributed by atoms with van der Waals surface area (Å²) < 4.78 is 0.657. The summed E-state index contributed by atoms with van der Waals surface area (Å²) in [5, 5.41) is 3.71. The number of carbonyl (C=O) groups is 2. The van der Waals surface area contributed by atoms with Crippen molar-refractivity contribution in [2.75, 3.05) is 6.54 Å². The average molecular weight is 411 g/mol. The van der Waals surface area contributed by atoms with Crippen LogP contribution in [0.2, 0.25) is 5.02 Å². The van der Waals surface area contributed by atoms with Gasteiger partial charge in [-0.2, -0.15) is 0 Å². The molecule has 2 aromatic rings. The zero-order valence-electron chi connectivity index (χ0n) is 13.0. The van der Waals surface area contributed by atoms with Gasteiger partial charge in [-0.3, -0.25) is 20.4 Å². The maximum Gasteiger partial charge on any atom is 0.270 e. The Labute approximate surface area is 153 Å². The van der Waals surface area contributed by atoms with Crippen LogP contribution in [0.3, 0.4) is 0 Å². The van der Waals surface area contributed by atoms with Crippen LogP contribution in [0.15, 0.2) is 53.0 Å². The van der Waals surface area contributed by atoms with Crippen LogP contribution in [0, 0.1) is 0 Å². The van der Waals surface area contributed by atoms with Gasteiger partial charge in [0.25, 0.3) is 11.8 Å². The van der Waals surface area contributed by atoms with Gasteiger partial charge in [0.05, 0.1) is 12.1 Å². The van der Waals surface area contributed by atoms with E-state index in [4.69, 9.17) is 11.6 Å². The van der Waals surface area contributed by atoms with E-state index in [2.05, 4.69) is 32.1 Å². The number of amides is 2. The van der Waals surface area contributed by atoms with E-state index in [0.29, 0.717) is 15.1 Å². The fourth-order valence-electron chi connectivity index (χ4n) is 2.02. The normalized spacial score (nSPS) is 11.6. The second-order valence-corrected chi connectivity index (χ2v) is 6.43. The predicted molar refractivity (Wildman–Crippen MR) is 97.6 cm³/mol. The van der Waals surface area contributed by atoms with E-state index in [1.54, 1.807) is 30.3 Å². The third-order valence-electron chi connectivity index (χ3n) is 3.35. The van der Waals surface area contributed by atoms with Gasteiger partial charge in [0.2, 0.25) is 0 Å². The molecule has 0 radical (unpaired) electrons. The maximum absolute atomic E-state index is 12.0. The molecule has 5 nitrogen and oxygen atoms in total. The largest absolute Gasteiger partial charge is 0.302 e. The number of halogens is 2. The highest BCUT2D eigenvalue weighted by Crippen LogP contribution is 2.17. The monoisotopic (exact) mass is 409 g/mol. The summed E-state index contributed by atoms with van der Waals surface area (Å²) in [7, 11) is 0. The van der Waals surface area contributed by atoms with Crippen molar-refractivity contribution >= 4 is 39.3 Å². The van der Waals surface area contributed by atoms with Gasteiger partial charge in [-0.05, 0) is 52.7 Å². The van der Waals surface area contributed by atoms with E-state index >= 15 is 0 Å². The molecule has 0 aliphatic rings. The van der Waals surface area contributed by atoms with Crippen LogP contribution in [0.5, 0.6) is 0 Å². The number of hydrogen-bond acceptors (Lipinski definition) is 3. The van der Waals surface area contributed by atoms with Gasteiger partial charge in [0.1, 0.15) is 0 Å². The molecule has 0 aliphatic heterocycles. The van der Waals surface area contributed by atoms with Crippen molar-refractivity contribution in [2.24, 2.45) is 0 Å². The smallest absolute Gasteiger partial charge is 0.270 e. The standard InChI is InChI=1S/C17H17BrClN3O2/c1-11(12-5-4-6-13(19)9-12)20-10-16(23)21-22-17(24)14-7-2-3-8-15(14)18/h2-9,11,20H,10H2,1H3,(H,21,23)(H,22,24)/t11-/m1/s1. The number of rotatable bonds is 5. The summed E-state index contributed by atoms with van der Waals surface area (Å²) in [6.07, 6.45) is 0. The first-order valence-corrected chi connectivity index (χ1v) is 8.47. The van der Waals surface area contributed by atoms with Crippen molar-refractivity contribution in [2.45, 2.75) is 13.0 Å². The van der Waals surface area contributed by atoms with Crippen LogP contribution >= 0.6 is 27.5 Å². The third-order valence-corrected chi connectivity index (χ3v) is 4.28. The molecule has 3 N–H and O–H groups in total. The van der Waals surface area contributed by atoms with Gasteiger partial charge in [-0.1, -0.05) is 35.9 Å². The third kappa shape index (κ3) is 5.33. The first-order chi connectivity index (χ1) is 11.5. The van der Waals surface area contributed by atoms with E-state index in [1.165, 1.54) is 0 Å². The molecular formula is C17H17BrClN3O2. The van der Waals surface area contributed by atoms with E-state index in [0.717, 1.165) is 5.56 Å². The molecule has 24 heavy (non-hydrogen) atoms. The minimum absolute atomic E-state index is 0.0478. The maximum atomic E-state index is 12.0. The molecule has 2 aromatic carbocycles. The quantitative estimate of drug-likeness (QED) is 0.663. The average Bonchev–Trinajstić information content (AvgIpc) is 2.58. The lowest BCUT2D eigenvalue weighted by atomic mass is 10.1. The molecule has 0 saturated carbocycles. The highest BCUT2D eigenvalue weighted by molar-refractivity contribution is 9.10. The highest BCUT2D eigenvalue weighted by atomic mass is 79.9. The first kappa shape index (κ1) is 18.4. The van der Waals surface area contributed by atoms with E-state index in [-0.39, 0.29) is 18.5 Å². The molecule has 0 saturated heterocycles. The number of carbonyl (C=O) groups excluding carboxylic acids is 2. The van der Waals surface area contributed by atoms with Crippen LogP contribution in [-0.2, 0) is 4.79 Å². The number of benzene rings is 2. The predicted octanol–water partition coefficient (Wildman–Crippen LogP) is 3.21. The van der Waals surface area contributed by atoms with E-state index in [9.17, 15) is 9.59 Å². The molecule has 0 spiro atoms. The van der Waals surface area contributed by atoms with Gasteiger partial charge in [-0.15, -0.1) is 0 Å². The molecule has 0 heterocycles. The summed E-state index contributed by atoms with van der Waals surface area (Å²) >= 11 is 9.24. The second-order valence-electron chi connectivity index (χ2n) is 5.14. The van der Waals surface area contributed by atoms with Gasteiger partial charge in [-0.25, -0.2) is 0 Å². The topological polar surface area (TPSA) is 70.2 Å². The fraction of sp³-hybridized carbons (Fsp3) is 0.176. The molecule has 0 unspecified atom stereocenters. The van der Waals surface area contributed by atoms with E-state index in [1.807, 2.05) is 25.1 Å².